The Morgan fingerprint density at radius 2 is 1.84 bits per heavy atom. The van der Waals surface area contributed by atoms with E-state index in [0.29, 0.717) is 34.1 Å². The van der Waals surface area contributed by atoms with E-state index in [-0.39, 0.29) is 0 Å². The van der Waals surface area contributed by atoms with Crippen molar-refractivity contribution in [2.24, 2.45) is 0 Å². The third kappa shape index (κ3) is 3.42. The molecule has 184 valence electrons. The summed E-state index contributed by atoms with van der Waals surface area (Å²) >= 11 is 0. The minimum Gasteiger partial charge on any atom is -0.496 e. The van der Waals surface area contributed by atoms with E-state index in [4.69, 9.17) is 24.0 Å². The normalized spacial score (nSPS) is 11.5. The third-order valence-corrected chi connectivity index (χ3v) is 6.62. The summed E-state index contributed by atoms with van der Waals surface area (Å²) in [5, 5.41) is 6.66. The van der Waals surface area contributed by atoms with Gasteiger partial charge in [0.05, 0.1) is 47.6 Å². The second-order valence-electron chi connectivity index (χ2n) is 8.82. The number of rotatable bonds is 4. The first-order valence-electron chi connectivity index (χ1n) is 11.7. The van der Waals surface area contributed by atoms with E-state index >= 15 is 0 Å². The summed E-state index contributed by atoms with van der Waals surface area (Å²) in [5.74, 6) is 1.57. The van der Waals surface area contributed by atoms with Crippen LogP contribution in [-0.2, 0) is 4.74 Å². The van der Waals surface area contributed by atoms with Crippen LogP contribution in [-0.4, -0.2) is 45.3 Å². The van der Waals surface area contributed by atoms with Gasteiger partial charge < -0.3 is 19.0 Å². The summed E-state index contributed by atoms with van der Waals surface area (Å²) in [4.78, 5) is 29.9. The minimum atomic E-state index is -0.442. The van der Waals surface area contributed by atoms with Crippen LogP contribution in [0.25, 0.3) is 55.2 Å². The summed E-state index contributed by atoms with van der Waals surface area (Å²) in [5.41, 5.74) is 6.65. The van der Waals surface area contributed by atoms with Crippen molar-refractivity contribution in [3.05, 3.63) is 65.4 Å². The number of fused-ring (bicyclic) bond motifs is 4. The molecule has 0 amide bonds. The fraction of sp³-hybridized carbons (Fsp3) is 0.179. The molecule has 0 fully saturated rings. The lowest BCUT2D eigenvalue weighted by molar-refractivity contribution is 0.0602. The molecule has 0 aliphatic rings. The molecule has 0 saturated heterocycles. The molecule has 2 aromatic carbocycles. The molecule has 0 saturated carbocycles. The van der Waals surface area contributed by atoms with Crippen molar-refractivity contribution < 1.29 is 18.8 Å². The Kier molecular flexibility index (Phi) is 5.15. The number of pyridine rings is 1. The van der Waals surface area contributed by atoms with Crippen LogP contribution in [0.2, 0.25) is 0 Å². The second-order valence-corrected chi connectivity index (χ2v) is 8.82. The molecule has 6 rings (SSSR count). The zero-order valence-corrected chi connectivity index (χ0v) is 21.0. The van der Waals surface area contributed by atoms with Crippen LogP contribution in [0.15, 0.2) is 47.1 Å². The van der Waals surface area contributed by atoms with Crippen LogP contribution >= 0.6 is 0 Å². The Hall–Kier alpha value is -4.79. The maximum atomic E-state index is 12.4. The van der Waals surface area contributed by atoms with Gasteiger partial charge in [0.15, 0.2) is 0 Å². The molecule has 0 atom stereocenters. The molecule has 4 aromatic heterocycles. The molecule has 0 radical (unpaired) electrons. The number of methoxy groups -OCH3 is 2. The second kappa shape index (κ2) is 8.41. The van der Waals surface area contributed by atoms with Gasteiger partial charge in [0, 0.05) is 33.6 Å². The Bertz CT molecular complexity index is 1850. The fourth-order valence-corrected chi connectivity index (χ4v) is 5.02. The molecule has 0 unspecified atom stereocenters. The molecule has 6 aromatic rings. The molecular formula is C28H23N5O4. The van der Waals surface area contributed by atoms with Gasteiger partial charge in [-0.1, -0.05) is 17.3 Å². The Morgan fingerprint density at radius 3 is 2.57 bits per heavy atom. The van der Waals surface area contributed by atoms with E-state index in [1.807, 2.05) is 51.1 Å². The highest BCUT2D eigenvalue weighted by Crippen LogP contribution is 2.42. The first kappa shape index (κ1) is 22.7. The predicted molar refractivity (Wildman–Crippen MR) is 140 cm³/mol. The SMILES string of the molecule is COC(=O)c1ccc(-c2nc(C)nc3[nH]c4cc(-c5c(C)noc5C)c(OC)cc4c23)c2cccnc12. The van der Waals surface area contributed by atoms with E-state index < -0.39 is 5.97 Å². The van der Waals surface area contributed by atoms with E-state index in [1.165, 1.54) is 7.11 Å². The van der Waals surface area contributed by atoms with Crippen molar-refractivity contribution in [3.8, 4) is 28.1 Å². The molecular weight excluding hydrogens is 470 g/mol. The molecule has 0 aliphatic heterocycles. The lowest BCUT2D eigenvalue weighted by atomic mass is 9.97. The molecule has 9 heteroatoms. The standard InChI is InChI=1S/C28H23N5O4/c1-13-23(14(2)37-33-13)20-11-21-19(12-22(20)35-4)24-26(30-15(3)31-27(24)32-21)17-8-9-18(28(34)36-5)25-16(17)7-6-10-29-25/h6-12H,1-5H3,(H,30,31,32). The summed E-state index contributed by atoms with van der Waals surface area (Å²) in [7, 11) is 3.00. The average molecular weight is 494 g/mol. The Morgan fingerprint density at radius 1 is 1.00 bits per heavy atom. The zero-order chi connectivity index (χ0) is 25.8. The van der Waals surface area contributed by atoms with Crippen molar-refractivity contribution >= 4 is 38.8 Å². The summed E-state index contributed by atoms with van der Waals surface area (Å²) in [6, 6.07) is 11.4. The van der Waals surface area contributed by atoms with E-state index in [9.17, 15) is 4.79 Å². The molecule has 0 bridgehead atoms. The Labute approximate surface area is 211 Å². The van der Waals surface area contributed by atoms with Crippen molar-refractivity contribution in [2.75, 3.05) is 14.2 Å². The van der Waals surface area contributed by atoms with Crippen LogP contribution in [0.5, 0.6) is 5.75 Å². The number of ether oxygens (including phenoxy) is 2. The Balaban J connectivity index is 1.68. The predicted octanol–water partition coefficient (Wildman–Crippen LogP) is 5.70. The summed E-state index contributed by atoms with van der Waals surface area (Å²) in [6.45, 7) is 5.65. The van der Waals surface area contributed by atoms with Crippen LogP contribution in [0.4, 0.5) is 0 Å². The summed E-state index contributed by atoms with van der Waals surface area (Å²) in [6.07, 6.45) is 1.66. The maximum Gasteiger partial charge on any atom is 0.340 e. The lowest BCUT2D eigenvalue weighted by Gasteiger charge is -2.11. The first-order chi connectivity index (χ1) is 17.9. The van der Waals surface area contributed by atoms with Gasteiger partial charge in [-0.05, 0) is 45.0 Å². The van der Waals surface area contributed by atoms with Gasteiger partial charge in [0.1, 0.15) is 23.0 Å². The summed E-state index contributed by atoms with van der Waals surface area (Å²) < 4.78 is 16.2. The molecule has 0 spiro atoms. The number of carbonyl (C=O) groups excluding carboxylic acids is 1. The lowest BCUT2D eigenvalue weighted by Crippen LogP contribution is -2.04. The number of aromatic nitrogens is 5. The number of nitrogens with zero attached hydrogens (tertiary/aromatic N) is 4. The van der Waals surface area contributed by atoms with Crippen molar-refractivity contribution in [3.63, 3.8) is 0 Å². The number of hydrogen-bond donors (Lipinski definition) is 1. The van der Waals surface area contributed by atoms with Gasteiger partial charge in [0.25, 0.3) is 0 Å². The minimum absolute atomic E-state index is 0.397. The van der Waals surface area contributed by atoms with Gasteiger partial charge in [-0.15, -0.1) is 0 Å². The molecule has 0 aliphatic carbocycles. The van der Waals surface area contributed by atoms with Crippen molar-refractivity contribution in [2.45, 2.75) is 20.8 Å². The number of esters is 1. The van der Waals surface area contributed by atoms with Crippen LogP contribution < -0.4 is 4.74 Å². The first-order valence-corrected chi connectivity index (χ1v) is 11.7. The van der Waals surface area contributed by atoms with Gasteiger partial charge in [0.2, 0.25) is 0 Å². The van der Waals surface area contributed by atoms with E-state index in [2.05, 4.69) is 15.1 Å². The van der Waals surface area contributed by atoms with Gasteiger partial charge in [-0.3, -0.25) is 4.98 Å². The number of benzene rings is 2. The van der Waals surface area contributed by atoms with Crippen molar-refractivity contribution in [1.82, 2.24) is 25.1 Å². The van der Waals surface area contributed by atoms with Gasteiger partial charge >= 0.3 is 5.97 Å². The molecule has 4 heterocycles. The van der Waals surface area contributed by atoms with E-state index in [0.717, 1.165) is 49.8 Å². The fourth-order valence-electron chi connectivity index (χ4n) is 5.02. The monoisotopic (exact) mass is 493 g/mol. The number of nitrogens with one attached hydrogen (secondary N) is 1. The van der Waals surface area contributed by atoms with Gasteiger partial charge in [-0.25, -0.2) is 14.8 Å². The van der Waals surface area contributed by atoms with Crippen LogP contribution in [0, 0.1) is 20.8 Å². The van der Waals surface area contributed by atoms with Crippen molar-refractivity contribution in [1.29, 1.82) is 0 Å². The largest absolute Gasteiger partial charge is 0.496 e. The maximum absolute atomic E-state index is 12.4. The number of aromatic amines is 1. The highest BCUT2D eigenvalue weighted by atomic mass is 16.5. The topological polar surface area (TPSA) is 116 Å². The highest BCUT2D eigenvalue weighted by Gasteiger charge is 2.22. The molecule has 1 N–H and O–H groups in total. The quantitative estimate of drug-likeness (QED) is 0.311. The smallest absolute Gasteiger partial charge is 0.340 e. The number of carbonyl (C=O) groups is 1. The molecule has 37 heavy (non-hydrogen) atoms. The highest BCUT2D eigenvalue weighted by molar-refractivity contribution is 6.17. The number of aryl methyl sites for hydroxylation is 3. The third-order valence-electron chi connectivity index (χ3n) is 6.62. The average Bonchev–Trinajstić information content (AvgIpc) is 3.43. The van der Waals surface area contributed by atoms with Crippen LogP contribution in [0.3, 0.4) is 0 Å². The van der Waals surface area contributed by atoms with Crippen LogP contribution in [0.1, 0.15) is 27.6 Å². The zero-order valence-electron chi connectivity index (χ0n) is 21.0. The molecule has 9 nitrogen and oxygen atoms in total. The van der Waals surface area contributed by atoms with E-state index in [1.54, 1.807) is 19.4 Å². The van der Waals surface area contributed by atoms with Gasteiger partial charge in [-0.2, -0.15) is 0 Å². The number of hydrogen-bond acceptors (Lipinski definition) is 8. The number of H-pyrrole nitrogens is 1.